The Balaban J connectivity index is 1.34. The summed E-state index contributed by atoms with van der Waals surface area (Å²) in [4.78, 5) is 40.6. The average Bonchev–Trinajstić information content (AvgIpc) is 3.00. The molecular formula is C26H31N3O6. The van der Waals surface area contributed by atoms with Gasteiger partial charge in [-0.05, 0) is 61.4 Å². The predicted molar refractivity (Wildman–Crippen MR) is 129 cm³/mol. The SMILES string of the molecule is Cc1cc(C[C@@H](OC(=O)N2CCC(N3CC=C4CC=CC=C4NC3=O)CC2)C(=O)O)cc(C)c1O. The molecule has 0 bridgehead atoms. The molecule has 1 aliphatic carbocycles. The number of nitrogens with one attached hydrogen (secondary N) is 1. The number of rotatable bonds is 5. The number of hydrogen-bond donors (Lipinski definition) is 3. The van der Waals surface area contributed by atoms with Gasteiger partial charge in [-0.3, -0.25) is 0 Å². The van der Waals surface area contributed by atoms with Gasteiger partial charge in [0.25, 0.3) is 0 Å². The Labute approximate surface area is 204 Å². The highest BCUT2D eigenvalue weighted by molar-refractivity contribution is 5.79. The van der Waals surface area contributed by atoms with E-state index in [0.29, 0.717) is 49.2 Å². The largest absolute Gasteiger partial charge is 0.507 e. The fraction of sp³-hybridized carbons (Fsp3) is 0.423. The quantitative estimate of drug-likeness (QED) is 0.593. The van der Waals surface area contributed by atoms with Gasteiger partial charge in [-0.1, -0.05) is 30.4 Å². The van der Waals surface area contributed by atoms with E-state index in [-0.39, 0.29) is 24.2 Å². The van der Waals surface area contributed by atoms with Crippen LogP contribution in [0.15, 0.2) is 47.7 Å². The minimum atomic E-state index is -1.34. The molecule has 9 heteroatoms. The van der Waals surface area contributed by atoms with E-state index in [1.165, 1.54) is 4.90 Å². The average molecular weight is 482 g/mol. The topological polar surface area (TPSA) is 119 Å². The number of likely N-dealkylation sites (tertiary alicyclic amines) is 1. The maximum Gasteiger partial charge on any atom is 0.410 e. The second-order valence-corrected chi connectivity index (χ2v) is 9.24. The lowest BCUT2D eigenvalue weighted by atomic mass is 10.0. The number of urea groups is 1. The number of phenols is 1. The number of aromatic hydroxyl groups is 1. The maximum absolute atomic E-state index is 12.8. The molecule has 1 atom stereocenters. The van der Waals surface area contributed by atoms with Crippen LogP contribution in [0.4, 0.5) is 9.59 Å². The van der Waals surface area contributed by atoms with Crippen molar-refractivity contribution >= 4 is 18.1 Å². The molecule has 2 heterocycles. The van der Waals surface area contributed by atoms with E-state index in [1.54, 1.807) is 30.9 Å². The smallest absolute Gasteiger partial charge is 0.410 e. The van der Waals surface area contributed by atoms with Crippen molar-refractivity contribution in [2.75, 3.05) is 19.6 Å². The van der Waals surface area contributed by atoms with Crippen LogP contribution in [0.3, 0.4) is 0 Å². The van der Waals surface area contributed by atoms with Gasteiger partial charge in [0, 0.05) is 37.8 Å². The molecule has 2 aliphatic heterocycles. The second kappa shape index (κ2) is 10.2. The third-order valence-corrected chi connectivity index (χ3v) is 6.77. The number of amides is 3. The number of nitrogens with zero attached hydrogens (tertiary/aromatic N) is 2. The molecule has 3 amide bonds. The number of carboxylic acid groups (broad SMARTS) is 1. The van der Waals surface area contributed by atoms with E-state index in [1.807, 2.05) is 12.2 Å². The summed E-state index contributed by atoms with van der Waals surface area (Å²) in [6, 6.07) is 3.22. The number of allylic oxidation sites excluding steroid dienone is 4. The first kappa shape index (κ1) is 24.4. The minimum absolute atomic E-state index is 0.00677. The molecule has 0 spiro atoms. The molecule has 1 aromatic rings. The third kappa shape index (κ3) is 5.50. The zero-order valence-corrected chi connectivity index (χ0v) is 20.0. The molecule has 0 radical (unpaired) electrons. The van der Waals surface area contributed by atoms with E-state index in [0.717, 1.165) is 17.7 Å². The number of piperidine rings is 1. The first-order valence-electron chi connectivity index (χ1n) is 11.8. The molecule has 1 fully saturated rings. The van der Waals surface area contributed by atoms with Crippen LogP contribution in [-0.4, -0.2) is 69.9 Å². The fourth-order valence-corrected chi connectivity index (χ4v) is 4.80. The number of carbonyl (C=O) groups is 3. The van der Waals surface area contributed by atoms with Crippen LogP contribution >= 0.6 is 0 Å². The van der Waals surface area contributed by atoms with Gasteiger partial charge < -0.3 is 30.1 Å². The van der Waals surface area contributed by atoms with E-state index >= 15 is 0 Å². The zero-order valence-electron chi connectivity index (χ0n) is 20.0. The molecule has 0 saturated carbocycles. The molecule has 9 nitrogen and oxygen atoms in total. The number of aliphatic carboxylic acids is 1. The van der Waals surface area contributed by atoms with Gasteiger partial charge in [0.05, 0.1) is 0 Å². The summed E-state index contributed by atoms with van der Waals surface area (Å²) in [6.45, 7) is 4.73. The molecule has 1 aromatic carbocycles. The Morgan fingerprint density at radius 3 is 2.54 bits per heavy atom. The lowest BCUT2D eigenvalue weighted by Crippen LogP contribution is -2.51. The Hall–Kier alpha value is -3.75. The zero-order chi connectivity index (χ0) is 25.1. The summed E-state index contributed by atoms with van der Waals surface area (Å²) in [5, 5.41) is 22.5. The first-order valence-corrected chi connectivity index (χ1v) is 11.8. The summed E-state index contributed by atoms with van der Waals surface area (Å²) >= 11 is 0. The Morgan fingerprint density at radius 1 is 1.20 bits per heavy atom. The molecule has 3 N–H and O–H groups in total. The minimum Gasteiger partial charge on any atom is -0.507 e. The number of ether oxygens (including phenoxy) is 1. The van der Waals surface area contributed by atoms with E-state index in [4.69, 9.17) is 4.74 Å². The number of carbonyl (C=O) groups excluding carboxylic acids is 2. The van der Waals surface area contributed by atoms with Gasteiger partial charge in [-0.2, -0.15) is 0 Å². The summed E-state index contributed by atoms with van der Waals surface area (Å²) in [6.07, 6.45) is 7.90. The van der Waals surface area contributed by atoms with Crippen molar-refractivity contribution < 1.29 is 29.3 Å². The molecule has 186 valence electrons. The normalized spacial score (nSPS) is 19.2. The van der Waals surface area contributed by atoms with E-state index in [9.17, 15) is 24.6 Å². The number of benzene rings is 1. The number of phenolic OH excluding ortho intramolecular Hbond substituents is 1. The molecule has 35 heavy (non-hydrogen) atoms. The van der Waals surface area contributed by atoms with Crippen molar-refractivity contribution in [3.8, 4) is 5.75 Å². The molecule has 1 saturated heterocycles. The summed E-state index contributed by atoms with van der Waals surface area (Å²) in [5.41, 5.74) is 3.88. The van der Waals surface area contributed by atoms with E-state index in [2.05, 4.69) is 17.5 Å². The highest BCUT2D eigenvalue weighted by Gasteiger charge is 2.33. The Morgan fingerprint density at radius 2 is 1.89 bits per heavy atom. The van der Waals surface area contributed by atoms with Crippen LogP contribution in [0, 0.1) is 13.8 Å². The first-order chi connectivity index (χ1) is 16.7. The second-order valence-electron chi connectivity index (χ2n) is 9.24. The van der Waals surface area contributed by atoms with Crippen LogP contribution in [0.25, 0.3) is 0 Å². The molecular weight excluding hydrogens is 450 g/mol. The molecule has 3 aliphatic rings. The van der Waals surface area contributed by atoms with Crippen LogP contribution in [-0.2, 0) is 16.0 Å². The maximum atomic E-state index is 12.8. The van der Waals surface area contributed by atoms with Crippen LogP contribution in [0.1, 0.15) is 36.0 Å². The monoisotopic (exact) mass is 481 g/mol. The van der Waals surface area contributed by atoms with Gasteiger partial charge in [-0.15, -0.1) is 0 Å². The van der Waals surface area contributed by atoms with Crippen molar-refractivity contribution in [3.63, 3.8) is 0 Å². The lowest BCUT2D eigenvalue weighted by Gasteiger charge is -2.37. The van der Waals surface area contributed by atoms with Crippen LogP contribution in [0.5, 0.6) is 5.75 Å². The lowest BCUT2D eigenvalue weighted by molar-refractivity contribution is -0.147. The van der Waals surface area contributed by atoms with Crippen molar-refractivity contribution in [1.29, 1.82) is 0 Å². The third-order valence-electron chi connectivity index (χ3n) is 6.77. The number of hydrogen-bond acceptors (Lipinski definition) is 5. The van der Waals surface area contributed by atoms with Crippen molar-refractivity contribution in [3.05, 3.63) is 64.4 Å². The van der Waals surface area contributed by atoms with Gasteiger partial charge in [0.1, 0.15) is 5.75 Å². The van der Waals surface area contributed by atoms with Crippen molar-refractivity contribution in [2.24, 2.45) is 0 Å². The molecule has 0 aromatic heterocycles. The fourth-order valence-electron chi connectivity index (χ4n) is 4.80. The van der Waals surface area contributed by atoms with Gasteiger partial charge in [0.2, 0.25) is 6.10 Å². The number of fused-ring (bicyclic) bond motifs is 1. The summed E-state index contributed by atoms with van der Waals surface area (Å²) < 4.78 is 5.36. The highest BCUT2D eigenvalue weighted by atomic mass is 16.6. The Bertz CT molecular complexity index is 1090. The number of aryl methyl sites for hydroxylation is 2. The van der Waals surface area contributed by atoms with Gasteiger partial charge in [0.15, 0.2) is 0 Å². The molecule has 0 unspecified atom stereocenters. The van der Waals surface area contributed by atoms with Gasteiger partial charge >= 0.3 is 18.1 Å². The highest BCUT2D eigenvalue weighted by Crippen LogP contribution is 2.26. The van der Waals surface area contributed by atoms with Gasteiger partial charge in [-0.25, -0.2) is 14.4 Å². The predicted octanol–water partition coefficient (Wildman–Crippen LogP) is 3.40. The van der Waals surface area contributed by atoms with E-state index < -0.39 is 18.2 Å². The Kier molecular flexibility index (Phi) is 7.14. The van der Waals surface area contributed by atoms with Crippen LogP contribution in [0.2, 0.25) is 0 Å². The van der Waals surface area contributed by atoms with Crippen molar-refractivity contribution in [2.45, 2.75) is 51.7 Å². The molecule has 4 rings (SSSR count). The van der Waals surface area contributed by atoms with Crippen LogP contribution < -0.4 is 5.32 Å². The number of carboxylic acids is 1. The summed E-state index contributed by atoms with van der Waals surface area (Å²) in [7, 11) is 0. The standard InChI is InChI=1S/C26H31N3O6/c1-16-13-18(14-17(2)23(16)30)15-22(24(31)32)35-26(34)28-10-8-20(9-11-28)29-12-7-19-5-3-4-6-21(19)27-25(29)33/h3-4,6-7,13-14,20,22,30H,5,8-12,15H2,1-2H3,(H,27,33)(H,31,32)/t22-/m1/s1. The summed E-state index contributed by atoms with van der Waals surface area (Å²) in [5.74, 6) is -1.06. The van der Waals surface area contributed by atoms with Crippen molar-refractivity contribution in [1.82, 2.24) is 15.1 Å².